The maximum atomic E-state index is 12.6. The van der Waals surface area contributed by atoms with Gasteiger partial charge in [-0.15, -0.1) is 11.8 Å². The predicted molar refractivity (Wildman–Crippen MR) is 105 cm³/mol. The van der Waals surface area contributed by atoms with Gasteiger partial charge >= 0.3 is 0 Å². The van der Waals surface area contributed by atoms with Gasteiger partial charge in [0.05, 0.1) is 21.9 Å². The van der Waals surface area contributed by atoms with Crippen molar-refractivity contribution in [2.45, 2.75) is 31.3 Å². The van der Waals surface area contributed by atoms with Crippen molar-refractivity contribution in [1.82, 2.24) is 9.78 Å². The van der Waals surface area contributed by atoms with Gasteiger partial charge in [0.2, 0.25) is 5.91 Å². The third-order valence-corrected chi connectivity index (χ3v) is 6.55. The van der Waals surface area contributed by atoms with E-state index in [4.69, 9.17) is 5.10 Å². The summed E-state index contributed by atoms with van der Waals surface area (Å²) in [6.45, 7) is 6.04. The second-order valence-corrected chi connectivity index (χ2v) is 8.53. The SMILES string of the molecule is Cc1ccc(-n2nc(C)c3c2NC(=O)[C@H](C)S[C@@H]3c2ccsc2)cc1. The molecule has 4 rings (SSSR count). The number of fused-ring (bicyclic) bond motifs is 1. The Morgan fingerprint density at radius 2 is 1.92 bits per heavy atom. The average Bonchev–Trinajstić information content (AvgIpc) is 3.19. The molecular formula is C19H19N3OS2. The fraction of sp³-hybridized carbons (Fsp3) is 0.263. The molecule has 0 saturated carbocycles. The summed E-state index contributed by atoms with van der Waals surface area (Å²) in [5.74, 6) is 0.816. The van der Waals surface area contributed by atoms with Crippen molar-refractivity contribution < 1.29 is 4.79 Å². The number of thioether (sulfide) groups is 1. The van der Waals surface area contributed by atoms with Crippen molar-refractivity contribution in [1.29, 1.82) is 0 Å². The monoisotopic (exact) mass is 369 g/mol. The third-order valence-electron chi connectivity index (χ3n) is 4.44. The van der Waals surface area contributed by atoms with Crippen LogP contribution in [-0.2, 0) is 4.79 Å². The van der Waals surface area contributed by atoms with E-state index in [0.717, 1.165) is 22.8 Å². The summed E-state index contributed by atoms with van der Waals surface area (Å²) in [5, 5.41) is 12.1. The van der Waals surface area contributed by atoms with Crippen LogP contribution in [0.2, 0.25) is 0 Å². The van der Waals surface area contributed by atoms with E-state index in [2.05, 4.69) is 41.2 Å². The highest BCUT2D eigenvalue weighted by atomic mass is 32.2. The van der Waals surface area contributed by atoms with E-state index in [0.29, 0.717) is 0 Å². The number of aryl methyl sites for hydroxylation is 2. The number of carbonyl (C=O) groups is 1. The van der Waals surface area contributed by atoms with Gasteiger partial charge < -0.3 is 5.32 Å². The molecule has 0 spiro atoms. The molecule has 3 heterocycles. The van der Waals surface area contributed by atoms with Crippen LogP contribution in [0.15, 0.2) is 41.1 Å². The summed E-state index contributed by atoms with van der Waals surface area (Å²) >= 11 is 3.36. The van der Waals surface area contributed by atoms with Gasteiger partial charge in [-0.25, -0.2) is 4.68 Å². The number of carbonyl (C=O) groups excluding carboxylic acids is 1. The number of anilines is 1. The van der Waals surface area contributed by atoms with Crippen LogP contribution in [0, 0.1) is 13.8 Å². The highest BCUT2D eigenvalue weighted by Crippen LogP contribution is 2.46. The molecule has 2 atom stereocenters. The van der Waals surface area contributed by atoms with Gasteiger partial charge in [0.25, 0.3) is 0 Å². The van der Waals surface area contributed by atoms with Crippen molar-refractivity contribution in [3.05, 3.63) is 63.5 Å². The van der Waals surface area contributed by atoms with Crippen LogP contribution in [0.1, 0.15) is 34.6 Å². The quantitative estimate of drug-likeness (QED) is 0.711. The molecule has 2 aromatic heterocycles. The molecule has 1 N–H and O–H groups in total. The minimum Gasteiger partial charge on any atom is -0.309 e. The molecular weight excluding hydrogens is 350 g/mol. The van der Waals surface area contributed by atoms with Crippen LogP contribution in [0.3, 0.4) is 0 Å². The van der Waals surface area contributed by atoms with Crippen molar-refractivity contribution >= 4 is 34.8 Å². The van der Waals surface area contributed by atoms with E-state index in [9.17, 15) is 4.79 Å². The molecule has 0 unspecified atom stereocenters. The van der Waals surface area contributed by atoms with Gasteiger partial charge in [0.1, 0.15) is 5.82 Å². The number of rotatable bonds is 2. The zero-order valence-corrected chi connectivity index (χ0v) is 15.9. The molecule has 6 heteroatoms. The lowest BCUT2D eigenvalue weighted by atomic mass is 10.1. The van der Waals surface area contributed by atoms with E-state index >= 15 is 0 Å². The van der Waals surface area contributed by atoms with Gasteiger partial charge in [-0.1, -0.05) is 17.7 Å². The van der Waals surface area contributed by atoms with Crippen molar-refractivity contribution in [3.8, 4) is 5.69 Å². The Bertz CT molecular complexity index is 913. The normalized spacial score (nSPS) is 20.0. The lowest BCUT2D eigenvalue weighted by Gasteiger charge is -2.15. The summed E-state index contributed by atoms with van der Waals surface area (Å²) in [6.07, 6.45) is 0. The molecule has 1 aromatic carbocycles. The topological polar surface area (TPSA) is 46.9 Å². The minimum absolute atomic E-state index is 0.0252. The number of thiophene rings is 1. The van der Waals surface area contributed by atoms with Gasteiger partial charge in [0, 0.05) is 5.56 Å². The molecule has 4 nitrogen and oxygen atoms in total. The first-order valence-electron chi connectivity index (χ1n) is 8.19. The maximum absolute atomic E-state index is 12.6. The molecule has 0 radical (unpaired) electrons. The number of hydrogen-bond acceptors (Lipinski definition) is 4. The maximum Gasteiger partial charge on any atom is 0.238 e. The number of benzene rings is 1. The largest absolute Gasteiger partial charge is 0.309 e. The first-order valence-corrected chi connectivity index (χ1v) is 10.1. The molecule has 0 aliphatic carbocycles. The second kappa shape index (κ2) is 6.35. The number of nitrogens with zero attached hydrogens (tertiary/aromatic N) is 2. The Labute approximate surface area is 155 Å². The average molecular weight is 370 g/mol. The number of aromatic nitrogens is 2. The first kappa shape index (κ1) is 16.4. The van der Waals surface area contributed by atoms with Crippen LogP contribution < -0.4 is 5.32 Å². The second-order valence-electron chi connectivity index (χ2n) is 6.30. The summed E-state index contributed by atoms with van der Waals surface area (Å²) < 4.78 is 1.86. The molecule has 0 saturated heterocycles. The molecule has 3 aromatic rings. The number of nitrogens with one attached hydrogen (secondary N) is 1. The van der Waals surface area contributed by atoms with Crippen LogP contribution in [0.5, 0.6) is 0 Å². The van der Waals surface area contributed by atoms with Gasteiger partial charge in [-0.05, 0) is 55.3 Å². The van der Waals surface area contributed by atoms with Gasteiger partial charge in [-0.3, -0.25) is 4.79 Å². The molecule has 1 aliphatic rings. The fourth-order valence-electron chi connectivity index (χ4n) is 3.07. The molecule has 25 heavy (non-hydrogen) atoms. The zero-order chi connectivity index (χ0) is 17.6. The Morgan fingerprint density at radius 3 is 2.60 bits per heavy atom. The number of amides is 1. The van der Waals surface area contributed by atoms with Crippen LogP contribution in [0.4, 0.5) is 5.82 Å². The summed E-state index contributed by atoms with van der Waals surface area (Å²) in [6, 6.07) is 10.3. The summed E-state index contributed by atoms with van der Waals surface area (Å²) in [7, 11) is 0. The molecule has 1 aliphatic heterocycles. The molecule has 1 amide bonds. The Kier molecular flexibility index (Phi) is 4.17. The van der Waals surface area contributed by atoms with Crippen molar-refractivity contribution in [2.75, 3.05) is 5.32 Å². The summed E-state index contributed by atoms with van der Waals surface area (Å²) in [4.78, 5) is 12.6. The lowest BCUT2D eigenvalue weighted by molar-refractivity contribution is -0.115. The standard InChI is InChI=1S/C19H19N3OS2/c1-11-4-6-15(7-5-11)22-18-16(12(2)21-22)17(14-8-9-24-10-14)25-13(3)19(23)20-18/h4-10,13,17H,1-3H3,(H,20,23)/t13-,17+/m0/s1. The zero-order valence-electron chi connectivity index (χ0n) is 14.3. The van der Waals surface area contributed by atoms with E-state index in [-0.39, 0.29) is 16.4 Å². The van der Waals surface area contributed by atoms with Gasteiger partial charge in [-0.2, -0.15) is 16.4 Å². The van der Waals surface area contributed by atoms with E-state index in [1.807, 2.05) is 30.7 Å². The van der Waals surface area contributed by atoms with Crippen LogP contribution in [-0.4, -0.2) is 20.9 Å². The van der Waals surface area contributed by atoms with Crippen LogP contribution >= 0.6 is 23.1 Å². The van der Waals surface area contributed by atoms with E-state index in [1.54, 1.807) is 23.1 Å². The van der Waals surface area contributed by atoms with Crippen molar-refractivity contribution in [3.63, 3.8) is 0 Å². The highest BCUT2D eigenvalue weighted by Gasteiger charge is 2.34. The Morgan fingerprint density at radius 1 is 1.16 bits per heavy atom. The highest BCUT2D eigenvalue weighted by molar-refractivity contribution is 8.01. The number of hydrogen-bond donors (Lipinski definition) is 1. The minimum atomic E-state index is -0.122. The summed E-state index contributed by atoms with van der Waals surface area (Å²) in [5.41, 5.74) is 5.43. The Balaban J connectivity index is 1.90. The lowest BCUT2D eigenvalue weighted by Crippen LogP contribution is -2.22. The van der Waals surface area contributed by atoms with Gasteiger partial charge in [0.15, 0.2) is 0 Å². The van der Waals surface area contributed by atoms with E-state index < -0.39 is 0 Å². The molecule has 0 fully saturated rings. The first-order chi connectivity index (χ1) is 12.0. The molecule has 0 bridgehead atoms. The third kappa shape index (κ3) is 2.89. The Hall–Kier alpha value is -2.05. The fourth-order valence-corrected chi connectivity index (χ4v) is 5.15. The smallest absolute Gasteiger partial charge is 0.238 e. The molecule has 128 valence electrons. The van der Waals surface area contributed by atoms with Crippen molar-refractivity contribution in [2.24, 2.45) is 0 Å². The predicted octanol–water partition coefficient (Wildman–Crippen LogP) is 4.71. The van der Waals surface area contributed by atoms with Crippen LogP contribution in [0.25, 0.3) is 5.69 Å². The van der Waals surface area contributed by atoms with E-state index in [1.165, 1.54) is 11.1 Å².